The molecular weight excluding hydrogens is 304 g/mol. The molecular formula is C18H24N4O2. The Hall–Kier alpha value is -2.02. The van der Waals surface area contributed by atoms with E-state index in [4.69, 9.17) is 4.74 Å². The summed E-state index contributed by atoms with van der Waals surface area (Å²) in [6.45, 7) is 5.08. The predicted octanol–water partition coefficient (Wildman–Crippen LogP) is 1.18. The molecule has 0 radical (unpaired) electrons. The van der Waals surface area contributed by atoms with Crippen molar-refractivity contribution < 1.29 is 9.84 Å². The SMILES string of the molecule is OC(COCc1ccccc1)CN1CCN(c2ncccn2)CC1. The lowest BCUT2D eigenvalue weighted by molar-refractivity contribution is 0.00910. The molecule has 1 aliphatic rings. The van der Waals surface area contributed by atoms with Crippen molar-refractivity contribution in [2.24, 2.45) is 0 Å². The minimum atomic E-state index is -0.465. The Labute approximate surface area is 142 Å². The van der Waals surface area contributed by atoms with Gasteiger partial charge in [-0.25, -0.2) is 9.97 Å². The first-order valence-electron chi connectivity index (χ1n) is 8.35. The van der Waals surface area contributed by atoms with Crippen LogP contribution in [0.15, 0.2) is 48.8 Å². The molecule has 0 bridgehead atoms. The Bertz CT molecular complexity index is 588. The van der Waals surface area contributed by atoms with E-state index in [1.54, 1.807) is 12.4 Å². The van der Waals surface area contributed by atoms with Crippen LogP contribution in [0.1, 0.15) is 5.56 Å². The fourth-order valence-electron chi connectivity index (χ4n) is 2.82. The maximum atomic E-state index is 10.2. The van der Waals surface area contributed by atoms with Crippen LogP contribution in [-0.2, 0) is 11.3 Å². The van der Waals surface area contributed by atoms with E-state index in [-0.39, 0.29) is 0 Å². The Morgan fingerprint density at radius 2 is 1.71 bits per heavy atom. The van der Waals surface area contributed by atoms with Crippen LogP contribution in [-0.4, -0.2) is 65.4 Å². The molecule has 3 rings (SSSR count). The second kappa shape index (κ2) is 8.73. The van der Waals surface area contributed by atoms with E-state index >= 15 is 0 Å². The number of aliphatic hydroxyl groups is 1. The minimum Gasteiger partial charge on any atom is -0.389 e. The van der Waals surface area contributed by atoms with Gasteiger partial charge in [0.25, 0.3) is 0 Å². The quantitative estimate of drug-likeness (QED) is 0.823. The molecule has 1 unspecified atom stereocenters. The number of β-amino-alcohol motifs (C(OH)–C–C–N with tert-alkyl or cyclic N) is 1. The summed E-state index contributed by atoms with van der Waals surface area (Å²) in [6.07, 6.45) is 3.07. The summed E-state index contributed by atoms with van der Waals surface area (Å²) >= 11 is 0. The van der Waals surface area contributed by atoms with Crippen LogP contribution < -0.4 is 4.90 Å². The molecule has 6 heteroatoms. The molecule has 0 amide bonds. The third kappa shape index (κ3) is 4.99. The number of hydrogen-bond acceptors (Lipinski definition) is 6. The Kier molecular flexibility index (Phi) is 6.12. The third-order valence-corrected chi connectivity index (χ3v) is 4.10. The van der Waals surface area contributed by atoms with Crippen LogP contribution in [0.4, 0.5) is 5.95 Å². The lowest BCUT2D eigenvalue weighted by Crippen LogP contribution is -2.49. The normalized spacial score (nSPS) is 17.0. The highest BCUT2D eigenvalue weighted by Crippen LogP contribution is 2.10. The summed E-state index contributed by atoms with van der Waals surface area (Å²) in [5, 5.41) is 10.2. The van der Waals surface area contributed by atoms with Gasteiger partial charge in [0.05, 0.1) is 19.3 Å². The number of rotatable bonds is 7. The topological polar surface area (TPSA) is 61.7 Å². The maximum absolute atomic E-state index is 10.2. The fourth-order valence-corrected chi connectivity index (χ4v) is 2.82. The number of anilines is 1. The van der Waals surface area contributed by atoms with Crippen molar-refractivity contribution in [1.29, 1.82) is 0 Å². The fraction of sp³-hybridized carbons (Fsp3) is 0.444. The summed E-state index contributed by atoms with van der Waals surface area (Å²) in [5.74, 6) is 0.781. The highest BCUT2D eigenvalue weighted by Gasteiger charge is 2.20. The number of benzene rings is 1. The number of piperazine rings is 1. The minimum absolute atomic E-state index is 0.358. The van der Waals surface area contributed by atoms with Gasteiger partial charge < -0.3 is 14.7 Å². The average Bonchev–Trinajstić information content (AvgIpc) is 2.64. The second-order valence-electron chi connectivity index (χ2n) is 5.99. The summed E-state index contributed by atoms with van der Waals surface area (Å²) in [7, 11) is 0. The molecule has 24 heavy (non-hydrogen) atoms. The lowest BCUT2D eigenvalue weighted by Gasteiger charge is -2.35. The standard InChI is InChI=1S/C18H24N4O2/c23-17(15-24-14-16-5-2-1-3-6-16)13-21-9-11-22(12-10-21)18-19-7-4-8-20-18/h1-8,17,23H,9-15H2. The van der Waals surface area contributed by atoms with E-state index < -0.39 is 6.10 Å². The maximum Gasteiger partial charge on any atom is 0.225 e. The number of ether oxygens (including phenoxy) is 1. The molecule has 1 aliphatic heterocycles. The van der Waals surface area contributed by atoms with Gasteiger partial charge in [-0.3, -0.25) is 4.90 Å². The van der Waals surface area contributed by atoms with Crippen molar-refractivity contribution in [3.8, 4) is 0 Å². The van der Waals surface area contributed by atoms with Crippen molar-refractivity contribution >= 4 is 5.95 Å². The third-order valence-electron chi connectivity index (χ3n) is 4.10. The van der Waals surface area contributed by atoms with Gasteiger partial charge >= 0.3 is 0 Å². The van der Waals surface area contributed by atoms with E-state index in [2.05, 4.69) is 19.8 Å². The summed E-state index contributed by atoms with van der Waals surface area (Å²) in [5.41, 5.74) is 1.13. The molecule has 6 nitrogen and oxygen atoms in total. The lowest BCUT2D eigenvalue weighted by atomic mass is 10.2. The molecule has 1 aromatic carbocycles. The Morgan fingerprint density at radius 3 is 2.42 bits per heavy atom. The second-order valence-corrected chi connectivity index (χ2v) is 5.99. The van der Waals surface area contributed by atoms with Crippen LogP contribution in [0, 0.1) is 0 Å². The molecule has 1 aromatic heterocycles. The number of nitrogens with zero attached hydrogens (tertiary/aromatic N) is 4. The monoisotopic (exact) mass is 328 g/mol. The van der Waals surface area contributed by atoms with Crippen LogP contribution in [0.2, 0.25) is 0 Å². The molecule has 2 heterocycles. The molecule has 1 atom stereocenters. The van der Waals surface area contributed by atoms with Gasteiger partial charge in [0.1, 0.15) is 0 Å². The van der Waals surface area contributed by atoms with Crippen LogP contribution >= 0.6 is 0 Å². The largest absolute Gasteiger partial charge is 0.389 e. The molecule has 1 saturated heterocycles. The van der Waals surface area contributed by atoms with Gasteiger partial charge in [0, 0.05) is 45.1 Å². The smallest absolute Gasteiger partial charge is 0.225 e. The van der Waals surface area contributed by atoms with Gasteiger partial charge in [0.15, 0.2) is 0 Å². The predicted molar refractivity (Wildman–Crippen MR) is 92.8 cm³/mol. The number of aromatic nitrogens is 2. The Balaban J connectivity index is 1.35. The number of hydrogen-bond donors (Lipinski definition) is 1. The van der Waals surface area contributed by atoms with Gasteiger partial charge in [-0.05, 0) is 11.6 Å². The van der Waals surface area contributed by atoms with E-state index in [9.17, 15) is 5.11 Å². The van der Waals surface area contributed by atoms with Gasteiger partial charge in [0.2, 0.25) is 5.95 Å². The van der Waals surface area contributed by atoms with Gasteiger partial charge in [-0.15, -0.1) is 0 Å². The van der Waals surface area contributed by atoms with E-state index in [1.807, 2.05) is 36.4 Å². The summed E-state index contributed by atoms with van der Waals surface area (Å²) < 4.78 is 5.61. The highest BCUT2D eigenvalue weighted by molar-refractivity contribution is 5.29. The van der Waals surface area contributed by atoms with Crippen molar-refractivity contribution in [3.05, 3.63) is 54.4 Å². The first-order chi connectivity index (χ1) is 11.8. The van der Waals surface area contributed by atoms with Crippen LogP contribution in [0.5, 0.6) is 0 Å². The van der Waals surface area contributed by atoms with Crippen molar-refractivity contribution in [1.82, 2.24) is 14.9 Å². The summed E-state index contributed by atoms with van der Waals surface area (Å²) in [4.78, 5) is 13.0. The first kappa shape index (κ1) is 16.8. The van der Waals surface area contributed by atoms with E-state index in [0.717, 1.165) is 37.7 Å². The van der Waals surface area contributed by atoms with Gasteiger partial charge in [-0.2, -0.15) is 0 Å². The van der Waals surface area contributed by atoms with E-state index in [1.165, 1.54) is 0 Å². The molecule has 0 aliphatic carbocycles. The molecule has 128 valence electrons. The Morgan fingerprint density at radius 1 is 1.00 bits per heavy atom. The van der Waals surface area contributed by atoms with Crippen molar-refractivity contribution in [2.45, 2.75) is 12.7 Å². The number of aliphatic hydroxyl groups excluding tert-OH is 1. The molecule has 0 saturated carbocycles. The van der Waals surface area contributed by atoms with Crippen molar-refractivity contribution in [3.63, 3.8) is 0 Å². The molecule has 1 fully saturated rings. The van der Waals surface area contributed by atoms with E-state index in [0.29, 0.717) is 19.8 Å². The molecule has 0 spiro atoms. The zero-order chi connectivity index (χ0) is 16.6. The zero-order valence-electron chi connectivity index (χ0n) is 13.8. The molecule has 2 aromatic rings. The van der Waals surface area contributed by atoms with Gasteiger partial charge in [-0.1, -0.05) is 30.3 Å². The van der Waals surface area contributed by atoms with Crippen LogP contribution in [0.3, 0.4) is 0 Å². The van der Waals surface area contributed by atoms with Crippen molar-refractivity contribution in [2.75, 3.05) is 44.2 Å². The highest BCUT2D eigenvalue weighted by atomic mass is 16.5. The first-order valence-corrected chi connectivity index (χ1v) is 8.35. The summed E-state index contributed by atoms with van der Waals surface area (Å²) in [6, 6.07) is 11.8. The zero-order valence-corrected chi connectivity index (χ0v) is 13.8. The molecule has 1 N–H and O–H groups in total. The average molecular weight is 328 g/mol. The van der Waals surface area contributed by atoms with Crippen LogP contribution in [0.25, 0.3) is 0 Å².